The number of para-hydroxylation sites is 1. The summed E-state index contributed by atoms with van der Waals surface area (Å²) >= 11 is 0. The number of hydrogen-bond donors (Lipinski definition) is 1. The highest BCUT2D eigenvalue weighted by atomic mass is 16.2. The first-order valence-electron chi connectivity index (χ1n) is 7.02. The third kappa shape index (κ3) is 3.70. The largest absolute Gasteiger partial charge is 0.325 e. The standard InChI is InChI=1S/C15H23N3O/c1-3-18-11-9-14(10-12-18)17(2)15(19)16-13-7-5-4-6-8-13/h4-8,14H,3,9-12H2,1-2H3,(H,16,19). The summed E-state index contributed by atoms with van der Waals surface area (Å²) in [6.07, 6.45) is 2.12. The molecule has 1 aromatic rings. The van der Waals surface area contributed by atoms with Crippen molar-refractivity contribution in [3.8, 4) is 0 Å². The van der Waals surface area contributed by atoms with E-state index in [4.69, 9.17) is 0 Å². The molecule has 0 bridgehead atoms. The number of carbonyl (C=O) groups is 1. The van der Waals surface area contributed by atoms with Crippen LogP contribution in [0.4, 0.5) is 10.5 Å². The van der Waals surface area contributed by atoms with Crippen molar-refractivity contribution in [1.29, 1.82) is 0 Å². The second-order valence-corrected chi connectivity index (χ2v) is 5.07. The zero-order chi connectivity index (χ0) is 13.7. The maximum Gasteiger partial charge on any atom is 0.321 e. The Balaban J connectivity index is 1.86. The van der Waals surface area contributed by atoms with Crippen molar-refractivity contribution in [2.24, 2.45) is 0 Å². The van der Waals surface area contributed by atoms with Crippen molar-refractivity contribution in [2.45, 2.75) is 25.8 Å². The first-order valence-corrected chi connectivity index (χ1v) is 7.02. The highest BCUT2D eigenvalue weighted by Crippen LogP contribution is 2.16. The lowest BCUT2D eigenvalue weighted by atomic mass is 10.0. The van der Waals surface area contributed by atoms with Crippen molar-refractivity contribution >= 4 is 11.7 Å². The summed E-state index contributed by atoms with van der Waals surface area (Å²) in [5.41, 5.74) is 0.852. The molecule has 0 aliphatic carbocycles. The van der Waals surface area contributed by atoms with Gasteiger partial charge >= 0.3 is 6.03 Å². The van der Waals surface area contributed by atoms with Gasteiger partial charge in [0, 0.05) is 31.9 Å². The van der Waals surface area contributed by atoms with Crippen LogP contribution in [0.15, 0.2) is 30.3 Å². The minimum Gasteiger partial charge on any atom is -0.325 e. The van der Waals surface area contributed by atoms with E-state index >= 15 is 0 Å². The number of anilines is 1. The van der Waals surface area contributed by atoms with Gasteiger partial charge in [-0.3, -0.25) is 0 Å². The lowest BCUT2D eigenvalue weighted by Crippen LogP contribution is -2.46. The summed E-state index contributed by atoms with van der Waals surface area (Å²) in [4.78, 5) is 16.4. The number of carbonyl (C=O) groups excluding carboxylic acids is 1. The van der Waals surface area contributed by atoms with Crippen LogP contribution >= 0.6 is 0 Å². The van der Waals surface area contributed by atoms with Crippen LogP contribution in [-0.4, -0.2) is 48.6 Å². The Labute approximate surface area is 115 Å². The SMILES string of the molecule is CCN1CCC(N(C)C(=O)Nc2ccccc2)CC1. The quantitative estimate of drug-likeness (QED) is 0.908. The number of benzene rings is 1. The van der Waals surface area contributed by atoms with E-state index in [1.165, 1.54) is 0 Å². The van der Waals surface area contributed by atoms with Gasteiger partial charge in [-0.1, -0.05) is 25.1 Å². The molecule has 1 aliphatic rings. The maximum atomic E-state index is 12.2. The summed E-state index contributed by atoms with van der Waals surface area (Å²) in [5, 5.41) is 2.94. The molecule has 0 spiro atoms. The van der Waals surface area contributed by atoms with Crippen LogP contribution < -0.4 is 5.32 Å². The van der Waals surface area contributed by atoms with Gasteiger partial charge in [-0.25, -0.2) is 4.79 Å². The zero-order valence-electron chi connectivity index (χ0n) is 11.8. The minimum atomic E-state index is -0.0128. The molecule has 1 heterocycles. The predicted octanol–water partition coefficient (Wildman–Crippen LogP) is 2.63. The Morgan fingerprint density at radius 3 is 2.53 bits per heavy atom. The van der Waals surface area contributed by atoms with Gasteiger partial charge in [-0.15, -0.1) is 0 Å². The summed E-state index contributed by atoms with van der Waals surface area (Å²) in [7, 11) is 1.89. The van der Waals surface area contributed by atoms with Crippen molar-refractivity contribution in [1.82, 2.24) is 9.80 Å². The van der Waals surface area contributed by atoms with Crippen LogP contribution in [0.25, 0.3) is 0 Å². The fourth-order valence-electron chi connectivity index (χ4n) is 2.52. The van der Waals surface area contributed by atoms with Crippen LogP contribution in [0.3, 0.4) is 0 Å². The Morgan fingerprint density at radius 2 is 1.95 bits per heavy atom. The molecule has 0 saturated carbocycles. The number of rotatable bonds is 3. The van der Waals surface area contributed by atoms with Crippen LogP contribution in [-0.2, 0) is 0 Å². The first-order chi connectivity index (χ1) is 9.20. The normalized spacial score (nSPS) is 17.2. The molecule has 4 heteroatoms. The highest BCUT2D eigenvalue weighted by molar-refractivity contribution is 5.89. The smallest absolute Gasteiger partial charge is 0.321 e. The fraction of sp³-hybridized carbons (Fsp3) is 0.533. The molecule has 1 fully saturated rings. The van der Waals surface area contributed by atoms with Gasteiger partial charge in [0.15, 0.2) is 0 Å². The number of hydrogen-bond acceptors (Lipinski definition) is 2. The molecule has 2 amide bonds. The molecule has 0 atom stereocenters. The monoisotopic (exact) mass is 261 g/mol. The zero-order valence-corrected chi connectivity index (χ0v) is 11.8. The molecular formula is C15H23N3O. The van der Waals surface area contributed by atoms with Gasteiger partial charge in [0.25, 0.3) is 0 Å². The van der Waals surface area contributed by atoms with Gasteiger partial charge in [0.2, 0.25) is 0 Å². The predicted molar refractivity (Wildman–Crippen MR) is 78.4 cm³/mol. The highest BCUT2D eigenvalue weighted by Gasteiger charge is 2.24. The number of urea groups is 1. The molecule has 1 saturated heterocycles. The van der Waals surface area contributed by atoms with Crippen LogP contribution in [0.5, 0.6) is 0 Å². The number of nitrogens with one attached hydrogen (secondary N) is 1. The van der Waals surface area contributed by atoms with Crippen LogP contribution in [0.1, 0.15) is 19.8 Å². The maximum absolute atomic E-state index is 12.2. The number of nitrogens with zero attached hydrogens (tertiary/aromatic N) is 2. The number of piperidine rings is 1. The average Bonchev–Trinajstić information content (AvgIpc) is 2.47. The minimum absolute atomic E-state index is 0.0128. The van der Waals surface area contributed by atoms with Gasteiger partial charge in [-0.05, 0) is 31.5 Å². The van der Waals surface area contributed by atoms with Crippen LogP contribution in [0, 0.1) is 0 Å². The Kier molecular flexibility index (Phi) is 4.80. The number of amides is 2. The molecule has 4 nitrogen and oxygen atoms in total. The van der Waals surface area contributed by atoms with E-state index in [0.717, 1.165) is 38.2 Å². The number of likely N-dealkylation sites (tertiary alicyclic amines) is 1. The van der Waals surface area contributed by atoms with Gasteiger partial charge in [-0.2, -0.15) is 0 Å². The first kappa shape index (κ1) is 13.9. The molecule has 19 heavy (non-hydrogen) atoms. The van der Waals surface area contributed by atoms with Crippen LogP contribution in [0.2, 0.25) is 0 Å². The van der Waals surface area contributed by atoms with Crippen molar-refractivity contribution in [3.05, 3.63) is 30.3 Å². The third-order valence-corrected chi connectivity index (χ3v) is 3.90. The third-order valence-electron chi connectivity index (χ3n) is 3.90. The molecule has 1 aromatic carbocycles. The van der Waals surface area contributed by atoms with E-state index in [9.17, 15) is 4.79 Å². The Morgan fingerprint density at radius 1 is 1.32 bits per heavy atom. The van der Waals surface area contributed by atoms with Gasteiger partial charge in [0.1, 0.15) is 0 Å². The van der Waals surface area contributed by atoms with Gasteiger partial charge < -0.3 is 15.1 Å². The van der Waals surface area contributed by atoms with Crippen molar-refractivity contribution in [2.75, 3.05) is 32.0 Å². The lowest BCUT2D eigenvalue weighted by Gasteiger charge is -2.36. The summed E-state index contributed by atoms with van der Waals surface area (Å²) in [6, 6.07) is 9.95. The van der Waals surface area contributed by atoms with E-state index in [-0.39, 0.29) is 6.03 Å². The topological polar surface area (TPSA) is 35.6 Å². The van der Waals surface area contributed by atoms with Crippen molar-refractivity contribution < 1.29 is 4.79 Å². The molecule has 0 aromatic heterocycles. The van der Waals surface area contributed by atoms with E-state index in [1.54, 1.807) is 0 Å². The lowest BCUT2D eigenvalue weighted by molar-refractivity contribution is 0.145. The molecule has 1 aliphatic heterocycles. The molecule has 104 valence electrons. The molecule has 2 rings (SSSR count). The van der Waals surface area contributed by atoms with Crippen molar-refractivity contribution in [3.63, 3.8) is 0 Å². The summed E-state index contributed by atoms with van der Waals surface area (Å²) in [5.74, 6) is 0. The molecule has 0 unspecified atom stereocenters. The van der Waals surface area contributed by atoms with E-state index in [2.05, 4.69) is 17.1 Å². The van der Waals surface area contributed by atoms with Gasteiger partial charge in [0.05, 0.1) is 0 Å². The Hall–Kier alpha value is -1.55. The second-order valence-electron chi connectivity index (χ2n) is 5.07. The molecular weight excluding hydrogens is 238 g/mol. The second kappa shape index (κ2) is 6.57. The fourth-order valence-corrected chi connectivity index (χ4v) is 2.52. The van der Waals surface area contributed by atoms with E-state index in [1.807, 2.05) is 42.3 Å². The van der Waals surface area contributed by atoms with E-state index < -0.39 is 0 Å². The summed E-state index contributed by atoms with van der Waals surface area (Å²) in [6.45, 7) is 5.47. The Bertz CT molecular complexity index is 399. The molecule has 0 radical (unpaired) electrons. The average molecular weight is 261 g/mol. The van der Waals surface area contributed by atoms with E-state index in [0.29, 0.717) is 6.04 Å². The summed E-state index contributed by atoms with van der Waals surface area (Å²) < 4.78 is 0. The molecule has 1 N–H and O–H groups in total.